The van der Waals surface area contributed by atoms with E-state index in [-0.39, 0.29) is 46.3 Å². The average Bonchev–Trinajstić information content (AvgIpc) is 3.41. The molecule has 4 rings (SSSR count). The van der Waals surface area contributed by atoms with Gasteiger partial charge in [0.1, 0.15) is 5.69 Å². The van der Waals surface area contributed by atoms with Crippen LogP contribution in [0.25, 0.3) is 0 Å². The van der Waals surface area contributed by atoms with Gasteiger partial charge in [-0.25, -0.2) is 13.2 Å². The number of fused-ring (bicyclic) bond motifs is 1. The molecule has 204 valence electrons. The Morgan fingerprint density at radius 2 is 1.76 bits per heavy atom. The first-order valence-corrected chi connectivity index (χ1v) is 12.7. The number of halogens is 4. The minimum absolute atomic E-state index is 0.0887. The Balaban J connectivity index is 1.48. The van der Waals surface area contributed by atoms with Crippen molar-refractivity contribution < 1.29 is 37.5 Å². The minimum Gasteiger partial charge on any atom is -0.481 e. The van der Waals surface area contributed by atoms with Crippen LogP contribution in [0.2, 0.25) is 5.02 Å². The van der Waals surface area contributed by atoms with Crippen LogP contribution in [0, 0.1) is 28.8 Å². The number of nitrogens with one attached hydrogen (secondary N) is 2. The number of benzene rings is 1. The van der Waals surface area contributed by atoms with Crippen molar-refractivity contribution in [3.8, 4) is 0 Å². The molecule has 1 aromatic carbocycles. The SMILES string of the molecule is CC1(CNC(=O)C(=O)c2c(Cl)c(C(=O)Nc3cc(F)c(F)c(F)c3)c3n2CCC3)CCC(CC(=O)O)CC1. The lowest BCUT2D eigenvalue weighted by Crippen LogP contribution is -2.41. The summed E-state index contributed by atoms with van der Waals surface area (Å²) in [7, 11) is 0. The first-order chi connectivity index (χ1) is 17.9. The van der Waals surface area contributed by atoms with Gasteiger partial charge in [0, 0.05) is 43.0 Å². The van der Waals surface area contributed by atoms with Gasteiger partial charge in [0.2, 0.25) is 0 Å². The molecule has 0 atom stereocenters. The number of carbonyl (C=O) groups excluding carboxylic acids is 3. The van der Waals surface area contributed by atoms with Gasteiger partial charge in [-0.2, -0.15) is 0 Å². The molecule has 12 heteroatoms. The van der Waals surface area contributed by atoms with Crippen LogP contribution in [0.15, 0.2) is 12.1 Å². The zero-order valence-electron chi connectivity index (χ0n) is 20.6. The maximum Gasteiger partial charge on any atom is 0.303 e. The van der Waals surface area contributed by atoms with Crippen LogP contribution in [0.1, 0.15) is 72.0 Å². The number of Topliss-reactive ketones (excluding diaryl/α,β-unsaturated/α-hetero) is 1. The summed E-state index contributed by atoms with van der Waals surface area (Å²) in [5, 5.41) is 13.7. The standard InChI is InChI=1S/C26H27ClF3N3O5/c1-26(6-4-13(5-7-26)9-18(34)35)12-31-25(38)23(36)22-20(27)19(17-3-2-8-33(17)22)24(37)32-14-10-15(28)21(30)16(29)11-14/h10-11,13H,2-9,12H2,1H3,(H,31,38)(H,32,37)(H,34,35). The summed E-state index contributed by atoms with van der Waals surface area (Å²) in [6, 6.07) is 1.24. The number of carboxylic acid groups (broad SMARTS) is 1. The molecule has 2 aliphatic rings. The van der Waals surface area contributed by atoms with Crippen molar-refractivity contribution in [2.75, 3.05) is 11.9 Å². The molecule has 0 spiro atoms. The van der Waals surface area contributed by atoms with E-state index in [1.165, 1.54) is 4.57 Å². The fraction of sp³-hybridized carbons (Fsp3) is 0.462. The molecule has 8 nitrogen and oxygen atoms in total. The van der Waals surface area contributed by atoms with Crippen molar-refractivity contribution in [1.82, 2.24) is 9.88 Å². The van der Waals surface area contributed by atoms with Gasteiger partial charge in [0.25, 0.3) is 17.6 Å². The number of amides is 2. The van der Waals surface area contributed by atoms with Crippen LogP contribution in [-0.2, 0) is 22.6 Å². The van der Waals surface area contributed by atoms with Gasteiger partial charge in [0.05, 0.1) is 10.6 Å². The number of anilines is 1. The Labute approximate surface area is 221 Å². The molecule has 1 saturated carbocycles. The van der Waals surface area contributed by atoms with Crippen molar-refractivity contribution in [2.45, 2.75) is 58.4 Å². The van der Waals surface area contributed by atoms with E-state index in [0.29, 0.717) is 62.9 Å². The molecule has 0 radical (unpaired) electrons. The van der Waals surface area contributed by atoms with E-state index < -0.39 is 41.0 Å². The number of carbonyl (C=O) groups is 4. The number of aromatic nitrogens is 1. The van der Waals surface area contributed by atoms with Gasteiger partial charge < -0.3 is 20.3 Å². The van der Waals surface area contributed by atoms with E-state index in [1.807, 2.05) is 6.92 Å². The average molecular weight is 554 g/mol. The summed E-state index contributed by atoms with van der Waals surface area (Å²) in [5.74, 6) is -8.04. The van der Waals surface area contributed by atoms with Crippen molar-refractivity contribution in [3.05, 3.63) is 51.6 Å². The van der Waals surface area contributed by atoms with Gasteiger partial charge in [-0.05, 0) is 49.9 Å². The Morgan fingerprint density at radius 3 is 2.37 bits per heavy atom. The third kappa shape index (κ3) is 5.57. The Morgan fingerprint density at radius 1 is 1.13 bits per heavy atom. The number of nitrogens with zero attached hydrogens (tertiary/aromatic N) is 1. The Bertz CT molecular complexity index is 1290. The molecule has 0 unspecified atom stereocenters. The van der Waals surface area contributed by atoms with Gasteiger partial charge >= 0.3 is 5.97 Å². The highest BCUT2D eigenvalue weighted by Crippen LogP contribution is 2.39. The van der Waals surface area contributed by atoms with E-state index >= 15 is 0 Å². The van der Waals surface area contributed by atoms with Crippen LogP contribution in [0.3, 0.4) is 0 Å². The number of hydrogen-bond donors (Lipinski definition) is 3. The van der Waals surface area contributed by atoms with E-state index in [9.17, 15) is 32.3 Å². The zero-order chi connectivity index (χ0) is 27.8. The number of aliphatic carboxylic acids is 1. The lowest BCUT2D eigenvalue weighted by atomic mass is 9.71. The highest BCUT2D eigenvalue weighted by Gasteiger charge is 2.36. The first-order valence-electron chi connectivity index (χ1n) is 12.3. The smallest absolute Gasteiger partial charge is 0.303 e. The molecule has 0 saturated heterocycles. The van der Waals surface area contributed by atoms with E-state index in [4.69, 9.17) is 16.7 Å². The van der Waals surface area contributed by atoms with Crippen LogP contribution in [0.5, 0.6) is 0 Å². The second-order valence-corrected chi connectivity index (χ2v) is 10.7. The highest BCUT2D eigenvalue weighted by molar-refractivity contribution is 6.48. The van der Waals surface area contributed by atoms with Crippen LogP contribution in [0.4, 0.5) is 18.9 Å². The monoisotopic (exact) mass is 553 g/mol. The second-order valence-electron chi connectivity index (χ2n) is 10.3. The molecule has 3 N–H and O–H groups in total. The lowest BCUT2D eigenvalue weighted by Gasteiger charge is -2.37. The Kier molecular flexibility index (Phi) is 7.87. The summed E-state index contributed by atoms with van der Waals surface area (Å²) >= 11 is 6.43. The summed E-state index contributed by atoms with van der Waals surface area (Å²) in [4.78, 5) is 49.9. The molecular weight excluding hydrogens is 527 g/mol. The number of rotatable bonds is 8. The fourth-order valence-corrected chi connectivity index (χ4v) is 5.69. The van der Waals surface area contributed by atoms with E-state index in [2.05, 4.69) is 10.6 Å². The summed E-state index contributed by atoms with van der Waals surface area (Å²) in [6.07, 6.45) is 3.92. The van der Waals surface area contributed by atoms with Gasteiger partial charge in [-0.1, -0.05) is 18.5 Å². The van der Waals surface area contributed by atoms with Crippen LogP contribution < -0.4 is 10.6 Å². The number of hydrogen-bond acceptors (Lipinski definition) is 4. The lowest BCUT2D eigenvalue weighted by molar-refractivity contribution is -0.138. The normalized spacial score (nSPS) is 20.6. The topological polar surface area (TPSA) is 117 Å². The van der Waals surface area contributed by atoms with Crippen molar-refractivity contribution in [3.63, 3.8) is 0 Å². The molecule has 2 aromatic rings. The van der Waals surface area contributed by atoms with Gasteiger partial charge in [0.15, 0.2) is 17.5 Å². The second kappa shape index (κ2) is 10.8. The molecule has 1 aliphatic carbocycles. The predicted octanol–water partition coefficient (Wildman–Crippen LogP) is 4.73. The largest absolute Gasteiger partial charge is 0.481 e. The molecule has 2 heterocycles. The molecule has 1 aromatic heterocycles. The van der Waals surface area contributed by atoms with Crippen molar-refractivity contribution >= 4 is 40.9 Å². The number of ketones is 1. The van der Waals surface area contributed by atoms with Crippen molar-refractivity contribution in [1.29, 1.82) is 0 Å². The predicted molar refractivity (Wildman–Crippen MR) is 132 cm³/mol. The highest BCUT2D eigenvalue weighted by atomic mass is 35.5. The first kappa shape index (κ1) is 27.7. The summed E-state index contributed by atoms with van der Waals surface area (Å²) in [6.45, 7) is 2.54. The minimum atomic E-state index is -1.67. The molecule has 2 amide bonds. The molecule has 1 aliphatic heterocycles. The molecule has 1 fully saturated rings. The maximum atomic E-state index is 13.6. The van der Waals surface area contributed by atoms with Gasteiger partial charge in [-0.15, -0.1) is 0 Å². The van der Waals surface area contributed by atoms with E-state index in [1.54, 1.807) is 0 Å². The van der Waals surface area contributed by atoms with Crippen LogP contribution >= 0.6 is 11.6 Å². The third-order valence-electron chi connectivity index (χ3n) is 7.45. The zero-order valence-corrected chi connectivity index (χ0v) is 21.4. The quantitative estimate of drug-likeness (QED) is 0.248. The van der Waals surface area contributed by atoms with Gasteiger partial charge in [-0.3, -0.25) is 19.2 Å². The molecule has 38 heavy (non-hydrogen) atoms. The van der Waals surface area contributed by atoms with E-state index in [0.717, 1.165) is 0 Å². The number of carboxylic acids is 1. The Hall–Kier alpha value is -3.34. The third-order valence-corrected chi connectivity index (χ3v) is 7.82. The summed E-state index contributed by atoms with van der Waals surface area (Å²) < 4.78 is 41.9. The molecule has 0 bridgehead atoms. The van der Waals surface area contributed by atoms with Crippen LogP contribution in [-0.4, -0.2) is 39.8 Å². The van der Waals surface area contributed by atoms with Crippen molar-refractivity contribution in [2.24, 2.45) is 11.3 Å². The fourth-order valence-electron chi connectivity index (χ4n) is 5.30. The maximum absolute atomic E-state index is 13.6. The summed E-state index contributed by atoms with van der Waals surface area (Å²) in [5.41, 5.74) is -0.448. The molecular formula is C26H27ClF3N3O5.